The third-order valence-electron chi connectivity index (χ3n) is 5.54. The summed E-state index contributed by atoms with van der Waals surface area (Å²) in [5, 5.41) is 0. The molecule has 1 fully saturated rings. The number of likely N-dealkylation sites (tertiary alicyclic amines) is 1. The number of hydrogen-bond acceptors (Lipinski definition) is 6. The Morgan fingerprint density at radius 1 is 1.10 bits per heavy atom. The Labute approximate surface area is 169 Å². The number of ether oxygens (including phenoxy) is 2. The number of nitrogens with zero attached hydrogens (tertiary/aromatic N) is 3. The average molecular weight is 415 g/mol. The molecular weight excluding hydrogens is 394 g/mol. The number of hydrogen-bond donors (Lipinski definition) is 0. The Kier molecular flexibility index (Phi) is 4.34. The first kappa shape index (κ1) is 18.2. The number of fused-ring (bicyclic) bond motifs is 2. The quantitative estimate of drug-likeness (QED) is 0.729. The number of carbonyl (C=O) groups excluding carboxylic acids is 1. The second-order valence-electron chi connectivity index (χ2n) is 7.41. The van der Waals surface area contributed by atoms with Crippen LogP contribution in [0.15, 0.2) is 46.5 Å². The maximum Gasteiger partial charge on any atom is 0.256 e. The summed E-state index contributed by atoms with van der Waals surface area (Å²) in [5.74, 6) is 1.70. The molecule has 1 atom stereocenters. The number of amidine groups is 1. The zero-order valence-corrected chi connectivity index (χ0v) is 16.6. The van der Waals surface area contributed by atoms with Crippen molar-refractivity contribution in [3.63, 3.8) is 0 Å². The van der Waals surface area contributed by atoms with Crippen LogP contribution in [0.4, 0.5) is 0 Å². The fraction of sp³-hybridized carbons (Fsp3) is 0.400. The maximum absolute atomic E-state index is 13.2. The minimum atomic E-state index is -3.41. The Morgan fingerprint density at radius 2 is 1.93 bits per heavy atom. The summed E-state index contributed by atoms with van der Waals surface area (Å²) in [5.41, 5.74) is 1.57. The summed E-state index contributed by atoms with van der Waals surface area (Å²) in [7, 11) is -3.41. The number of sulfonamides is 1. The number of amides is 1. The van der Waals surface area contributed by atoms with Crippen LogP contribution in [0.3, 0.4) is 0 Å². The van der Waals surface area contributed by atoms with Gasteiger partial charge < -0.3 is 19.3 Å². The topological polar surface area (TPSA) is 88.5 Å². The van der Waals surface area contributed by atoms with E-state index in [-0.39, 0.29) is 17.7 Å². The molecule has 0 spiro atoms. The van der Waals surface area contributed by atoms with Crippen LogP contribution in [0.2, 0.25) is 0 Å². The van der Waals surface area contributed by atoms with E-state index in [1.807, 2.05) is 23.1 Å². The predicted octanol–water partition coefficient (Wildman–Crippen LogP) is 1.62. The molecule has 0 bridgehead atoms. The molecule has 9 heteroatoms. The van der Waals surface area contributed by atoms with E-state index in [2.05, 4.69) is 4.40 Å². The molecule has 1 aromatic carbocycles. The van der Waals surface area contributed by atoms with E-state index in [0.29, 0.717) is 37.7 Å². The molecule has 0 unspecified atom stereocenters. The van der Waals surface area contributed by atoms with Crippen molar-refractivity contribution < 1.29 is 22.7 Å². The highest BCUT2D eigenvalue weighted by molar-refractivity contribution is 7.90. The first-order valence-electron chi connectivity index (χ1n) is 9.70. The van der Waals surface area contributed by atoms with Crippen LogP contribution in [-0.4, -0.2) is 62.0 Å². The van der Waals surface area contributed by atoms with Crippen LogP contribution in [0.5, 0.6) is 11.5 Å². The molecule has 4 aliphatic rings. The van der Waals surface area contributed by atoms with Crippen LogP contribution < -0.4 is 9.47 Å². The van der Waals surface area contributed by atoms with E-state index in [4.69, 9.17) is 9.47 Å². The van der Waals surface area contributed by atoms with Gasteiger partial charge in [-0.2, -0.15) is 0 Å². The van der Waals surface area contributed by atoms with Crippen molar-refractivity contribution in [2.24, 2.45) is 4.40 Å². The lowest BCUT2D eigenvalue weighted by Gasteiger charge is -2.30. The van der Waals surface area contributed by atoms with Gasteiger partial charge in [0.15, 0.2) is 11.5 Å². The van der Waals surface area contributed by atoms with Gasteiger partial charge in [-0.15, -0.1) is 4.40 Å². The van der Waals surface area contributed by atoms with E-state index >= 15 is 0 Å². The molecule has 152 valence electrons. The van der Waals surface area contributed by atoms with Gasteiger partial charge in [-0.3, -0.25) is 4.79 Å². The van der Waals surface area contributed by atoms with Gasteiger partial charge in [-0.05, 0) is 42.7 Å². The Morgan fingerprint density at radius 3 is 2.79 bits per heavy atom. The first-order chi connectivity index (χ1) is 14.0. The lowest BCUT2D eigenvalue weighted by Crippen LogP contribution is -2.39. The number of benzene rings is 1. The van der Waals surface area contributed by atoms with Crippen LogP contribution in [0, 0.1) is 0 Å². The Balaban J connectivity index is 1.39. The molecule has 0 aromatic heterocycles. The van der Waals surface area contributed by atoms with Crippen molar-refractivity contribution in [2.75, 3.05) is 32.1 Å². The van der Waals surface area contributed by atoms with Gasteiger partial charge in [0.1, 0.15) is 19.0 Å². The van der Waals surface area contributed by atoms with E-state index in [0.717, 1.165) is 29.9 Å². The standard InChI is InChI=1S/C20H21N3O5S/c24-20(15-4-6-19-21-29(25,26)11-8-22(19)13-15)23-7-1-2-16(23)14-3-5-17-18(12-14)28-10-9-27-17/h3-6,12-13,16H,1-2,7-11H2/t16-/m0/s1. The summed E-state index contributed by atoms with van der Waals surface area (Å²) >= 11 is 0. The molecule has 4 heterocycles. The minimum Gasteiger partial charge on any atom is -0.486 e. The highest BCUT2D eigenvalue weighted by Gasteiger charge is 2.33. The summed E-state index contributed by atoms with van der Waals surface area (Å²) in [6.07, 6.45) is 6.76. The lowest BCUT2D eigenvalue weighted by atomic mass is 10.0. The van der Waals surface area contributed by atoms with Crippen molar-refractivity contribution >= 4 is 21.8 Å². The molecule has 1 saturated heterocycles. The van der Waals surface area contributed by atoms with Crippen molar-refractivity contribution in [3.05, 3.63) is 47.7 Å². The van der Waals surface area contributed by atoms with Gasteiger partial charge in [0, 0.05) is 19.3 Å². The maximum atomic E-state index is 13.2. The Hall–Kier alpha value is -2.81. The molecule has 5 rings (SSSR count). The minimum absolute atomic E-state index is 0.0237. The summed E-state index contributed by atoms with van der Waals surface area (Å²) in [4.78, 5) is 16.8. The van der Waals surface area contributed by atoms with Gasteiger partial charge in [-0.1, -0.05) is 6.07 Å². The largest absolute Gasteiger partial charge is 0.486 e. The third kappa shape index (κ3) is 3.39. The SMILES string of the molecule is O=C(C1=CN2CCS(=O)(=O)N=C2C=C1)N1CCC[C@H]1c1ccc2c(c1)OCCO2. The molecule has 1 aromatic rings. The summed E-state index contributed by atoms with van der Waals surface area (Å²) in [6, 6.07) is 5.84. The molecule has 0 N–H and O–H groups in total. The number of rotatable bonds is 2. The monoisotopic (exact) mass is 415 g/mol. The smallest absolute Gasteiger partial charge is 0.256 e. The molecular formula is C20H21N3O5S. The van der Waals surface area contributed by atoms with Crippen LogP contribution in [0.1, 0.15) is 24.4 Å². The highest BCUT2D eigenvalue weighted by atomic mass is 32.2. The third-order valence-corrected chi connectivity index (χ3v) is 6.70. The van der Waals surface area contributed by atoms with Crippen LogP contribution in [-0.2, 0) is 14.8 Å². The Bertz CT molecular complexity index is 1060. The highest BCUT2D eigenvalue weighted by Crippen LogP contribution is 2.38. The summed E-state index contributed by atoms with van der Waals surface area (Å²) in [6.45, 7) is 2.05. The van der Waals surface area contributed by atoms with Gasteiger partial charge in [0.25, 0.3) is 15.9 Å². The van der Waals surface area contributed by atoms with Crippen molar-refractivity contribution in [2.45, 2.75) is 18.9 Å². The molecule has 4 aliphatic heterocycles. The van der Waals surface area contributed by atoms with Crippen molar-refractivity contribution in [3.8, 4) is 11.5 Å². The van der Waals surface area contributed by atoms with E-state index in [1.54, 1.807) is 23.3 Å². The average Bonchev–Trinajstić information content (AvgIpc) is 3.22. The fourth-order valence-corrected chi connectivity index (χ4v) is 5.09. The second kappa shape index (κ2) is 6.91. The zero-order valence-electron chi connectivity index (χ0n) is 15.8. The fourth-order valence-electron chi connectivity index (χ4n) is 4.12. The van der Waals surface area contributed by atoms with E-state index < -0.39 is 10.0 Å². The van der Waals surface area contributed by atoms with Crippen LogP contribution >= 0.6 is 0 Å². The molecule has 0 radical (unpaired) electrons. The molecule has 8 nitrogen and oxygen atoms in total. The molecule has 29 heavy (non-hydrogen) atoms. The molecule has 1 amide bonds. The van der Waals surface area contributed by atoms with E-state index in [1.165, 1.54) is 0 Å². The van der Waals surface area contributed by atoms with Gasteiger partial charge >= 0.3 is 0 Å². The van der Waals surface area contributed by atoms with Gasteiger partial charge in [-0.25, -0.2) is 8.42 Å². The molecule has 0 aliphatic carbocycles. The van der Waals surface area contributed by atoms with E-state index in [9.17, 15) is 13.2 Å². The van der Waals surface area contributed by atoms with Gasteiger partial charge in [0.2, 0.25) is 0 Å². The first-order valence-corrected chi connectivity index (χ1v) is 11.3. The van der Waals surface area contributed by atoms with Crippen LogP contribution in [0.25, 0.3) is 0 Å². The normalized spacial score (nSPS) is 24.6. The lowest BCUT2D eigenvalue weighted by molar-refractivity contribution is -0.127. The summed E-state index contributed by atoms with van der Waals surface area (Å²) < 4.78 is 38.4. The van der Waals surface area contributed by atoms with Crippen molar-refractivity contribution in [1.82, 2.24) is 9.80 Å². The molecule has 0 saturated carbocycles. The van der Waals surface area contributed by atoms with Crippen molar-refractivity contribution in [1.29, 1.82) is 0 Å². The van der Waals surface area contributed by atoms with Gasteiger partial charge in [0.05, 0.1) is 17.4 Å². The zero-order chi connectivity index (χ0) is 20.0. The predicted molar refractivity (Wildman–Crippen MR) is 106 cm³/mol. The second-order valence-corrected chi connectivity index (χ2v) is 9.16. The number of carbonyl (C=O) groups is 1.